The summed E-state index contributed by atoms with van der Waals surface area (Å²) in [5.41, 5.74) is -5.25. The number of carbonyl (C=O) groups is 2. The first-order valence-corrected chi connectivity index (χ1v) is 15.1. The van der Waals surface area contributed by atoms with Gasteiger partial charge in [0.15, 0.2) is 0 Å². The molecule has 11 nitrogen and oxygen atoms in total. The van der Waals surface area contributed by atoms with Gasteiger partial charge in [0.25, 0.3) is 11.8 Å². The monoisotopic (exact) mass is 723 g/mol. The molecule has 2 aromatic carbocycles. The summed E-state index contributed by atoms with van der Waals surface area (Å²) in [7, 11) is 1.32. The fourth-order valence-electron chi connectivity index (χ4n) is 4.74. The number of benzene rings is 2. The molecule has 0 aliphatic rings. The van der Waals surface area contributed by atoms with E-state index in [1.165, 1.54) is 52.6 Å². The van der Waals surface area contributed by atoms with Crippen LogP contribution in [0, 0.1) is 23.0 Å². The van der Waals surface area contributed by atoms with Gasteiger partial charge in [-0.1, -0.05) is 6.07 Å². The molecule has 2 aromatic heterocycles. The maximum absolute atomic E-state index is 16.1. The average Bonchev–Trinajstić information content (AvgIpc) is 3.71. The number of alkyl halides is 5. The molecule has 4 aromatic rings. The Bertz CT molecular complexity index is 1960. The number of alkyl carbamates (subject to hydrolysis) is 1. The van der Waals surface area contributed by atoms with E-state index in [1.807, 2.05) is 6.07 Å². The van der Waals surface area contributed by atoms with Gasteiger partial charge in [0.2, 0.25) is 5.89 Å². The SMILES string of the molecule is CN(Cc1ccc(-n2cc(C(F)(F)F)cn2)c(F)c1)c1cc(-c2nnc(C(C)(C)C#N)o2)c(F)cc1C(F)(F)CC(C=O)NC(=O)OC(C)(C)C. The lowest BCUT2D eigenvalue weighted by molar-refractivity contribution is -0.137. The van der Waals surface area contributed by atoms with Crippen molar-refractivity contribution in [3.63, 3.8) is 0 Å². The molecular formula is C33H32F7N7O4. The number of anilines is 1. The average molecular weight is 724 g/mol. The molecule has 1 amide bonds. The molecule has 272 valence electrons. The number of rotatable bonds is 11. The predicted molar refractivity (Wildman–Crippen MR) is 167 cm³/mol. The highest BCUT2D eigenvalue weighted by molar-refractivity contribution is 5.74. The van der Waals surface area contributed by atoms with E-state index in [0.717, 1.165) is 18.2 Å². The molecule has 1 N–H and O–H groups in total. The molecule has 4 rings (SSSR count). The van der Waals surface area contributed by atoms with Gasteiger partial charge in [0, 0.05) is 37.5 Å². The number of ether oxygens (including phenoxy) is 1. The van der Waals surface area contributed by atoms with E-state index in [-0.39, 0.29) is 35.7 Å². The molecule has 0 bridgehead atoms. The van der Waals surface area contributed by atoms with Crippen LogP contribution in [0.5, 0.6) is 0 Å². The van der Waals surface area contributed by atoms with Crippen LogP contribution >= 0.6 is 0 Å². The lowest BCUT2D eigenvalue weighted by atomic mass is 9.96. The van der Waals surface area contributed by atoms with Crippen LogP contribution in [-0.2, 0) is 33.6 Å². The first kappa shape index (κ1) is 38.3. The van der Waals surface area contributed by atoms with Crippen molar-refractivity contribution >= 4 is 18.1 Å². The van der Waals surface area contributed by atoms with Crippen LogP contribution in [0.15, 0.2) is 47.1 Å². The first-order valence-electron chi connectivity index (χ1n) is 15.1. The Kier molecular flexibility index (Phi) is 10.6. The number of hydrogen-bond acceptors (Lipinski definition) is 9. The zero-order chi connectivity index (χ0) is 38.1. The van der Waals surface area contributed by atoms with Gasteiger partial charge in [0.1, 0.15) is 34.6 Å². The Morgan fingerprint density at radius 3 is 2.33 bits per heavy atom. The largest absolute Gasteiger partial charge is 0.444 e. The molecule has 0 spiro atoms. The van der Waals surface area contributed by atoms with Crippen molar-refractivity contribution in [1.82, 2.24) is 25.3 Å². The number of nitriles is 1. The number of halogens is 7. The minimum atomic E-state index is -4.71. The molecule has 0 aliphatic heterocycles. The molecule has 18 heteroatoms. The highest BCUT2D eigenvalue weighted by atomic mass is 19.4. The van der Waals surface area contributed by atoms with Gasteiger partial charge in [-0.05, 0) is 64.4 Å². The van der Waals surface area contributed by atoms with Gasteiger partial charge in [-0.25, -0.2) is 27.0 Å². The Morgan fingerprint density at radius 2 is 1.76 bits per heavy atom. The van der Waals surface area contributed by atoms with Crippen LogP contribution < -0.4 is 10.2 Å². The quantitative estimate of drug-likeness (QED) is 0.125. The number of nitrogens with one attached hydrogen (secondary N) is 1. The van der Waals surface area contributed by atoms with Crippen LogP contribution in [0.3, 0.4) is 0 Å². The number of nitrogens with zero attached hydrogens (tertiary/aromatic N) is 6. The minimum absolute atomic E-state index is 0.0739. The van der Waals surface area contributed by atoms with Crippen LogP contribution in [0.4, 0.5) is 41.2 Å². The Morgan fingerprint density at radius 1 is 1.08 bits per heavy atom. The van der Waals surface area contributed by atoms with Crippen molar-refractivity contribution < 1.29 is 49.5 Å². The van der Waals surface area contributed by atoms with Gasteiger partial charge in [-0.15, -0.1) is 10.2 Å². The topological polar surface area (TPSA) is 139 Å². The maximum Gasteiger partial charge on any atom is 0.419 e. The first-order chi connectivity index (χ1) is 23.5. The van der Waals surface area contributed by atoms with Gasteiger partial charge >= 0.3 is 12.3 Å². The molecule has 1 atom stereocenters. The third-order valence-electron chi connectivity index (χ3n) is 7.29. The zero-order valence-electron chi connectivity index (χ0n) is 28.1. The summed E-state index contributed by atoms with van der Waals surface area (Å²) in [6.45, 7) is 7.20. The molecular weight excluding hydrogens is 691 g/mol. The second kappa shape index (κ2) is 14.0. The standard InChI is InChI=1S/C33H32F7N7O4/c1-30(2,3)51-29(49)43-20(16-48)12-32(36,37)22-11-23(34)21(27-44-45-28(50-27)31(4,5)17-41)10-26(22)46(6)14-18-7-8-25(24(35)9-18)47-15-19(13-42-47)33(38,39)40/h7-11,13,15-16,20H,12,14H2,1-6H3,(H,43,49). The van der Waals surface area contributed by atoms with Crippen LogP contribution in [0.2, 0.25) is 0 Å². The van der Waals surface area contributed by atoms with Gasteiger partial charge in [-0.2, -0.15) is 23.5 Å². The summed E-state index contributed by atoms with van der Waals surface area (Å²) < 4.78 is 113. The number of aldehydes is 1. The van der Waals surface area contributed by atoms with Gasteiger partial charge < -0.3 is 24.2 Å². The molecule has 1 unspecified atom stereocenters. The number of aromatic nitrogens is 4. The summed E-state index contributed by atoms with van der Waals surface area (Å²) in [6.07, 6.45) is -5.97. The minimum Gasteiger partial charge on any atom is -0.444 e. The third-order valence-corrected chi connectivity index (χ3v) is 7.29. The predicted octanol–water partition coefficient (Wildman–Crippen LogP) is 7.23. The molecule has 0 saturated heterocycles. The van der Waals surface area contributed by atoms with E-state index in [0.29, 0.717) is 23.1 Å². The second-order valence-corrected chi connectivity index (χ2v) is 13.1. The van der Waals surface area contributed by atoms with Crippen LogP contribution in [0.25, 0.3) is 17.1 Å². The summed E-state index contributed by atoms with van der Waals surface area (Å²) >= 11 is 0. The highest BCUT2D eigenvalue weighted by Gasteiger charge is 2.40. The molecule has 0 aliphatic carbocycles. The molecule has 0 radical (unpaired) electrons. The second-order valence-electron chi connectivity index (χ2n) is 13.1. The molecule has 51 heavy (non-hydrogen) atoms. The zero-order valence-corrected chi connectivity index (χ0v) is 28.1. The number of hydrogen-bond donors (Lipinski definition) is 1. The normalized spacial score (nSPS) is 13.0. The van der Waals surface area contributed by atoms with E-state index in [2.05, 4.69) is 20.6 Å². The van der Waals surface area contributed by atoms with Crippen LogP contribution in [-0.4, -0.2) is 51.0 Å². The van der Waals surface area contributed by atoms with E-state index >= 15 is 17.6 Å². The van der Waals surface area contributed by atoms with E-state index in [9.17, 15) is 28.0 Å². The Balaban J connectivity index is 1.74. The van der Waals surface area contributed by atoms with Gasteiger partial charge in [0.05, 0.1) is 29.4 Å². The Hall–Kier alpha value is -5.47. The lowest BCUT2D eigenvalue weighted by Gasteiger charge is -2.29. The van der Waals surface area contributed by atoms with Crippen molar-refractivity contribution in [1.29, 1.82) is 5.26 Å². The van der Waals surface area contributed by atoms with E-state index in [4.69, 9.17) is 9.15 Å². The smallest absolute Gasteiger partial charge is 0.419 e. The summed E-state index contributed by atoms with van der Waals surface area (Å²) in [5, 5.41) is 22.6. The molecule has 2 heterocycles. The molecule has 0 fully saturated rings. The third kappa shape index (κ3) is 9.01. The maximum atomic E-state index is 16.1. The van der Waals surface area contributed by atoms with Crippen molar-refractivity contribution in [2.75, 3.05) is 11.9 Å². The Labute approximate surface area is 287 Å². The summed E-state index contributed by atoms with van der Waals surface area (Å²) in [4.78, 5) is 25.2. The highest BCUT2D eigenvalue weighted by Crippen LogP contribution is 2.42. The fraction of sp³-hybridized carbons (Fsp3) is 0.394. The van der Waals surface area contributed by atoms with E-state index in [1.54, 1.807) is 0 Å². The summed E-state index contributed by atoms with van der Waals surface area (Å²) in [5.74, 6) is -6.83. The fourth-order valence-corrected chi connectivity index (χ4v) is 4.74. The van der Waals surface area contributed by atoms with Crippen molar-refractivity contribution in [2.24, 2.45) is 0 Å². The van der Waals surface area contributed by atoms with E-state index < -0.39 is 75.9 Å². The van der Waals surface area contributed by atoms with Crippen molar-refractivity contribution in [3.8, 4) is 23.2 Å². The van der Waals surface area contributed by atoms with Gasteiger partial charge in [-0.3, -0.25) is 0 Å². The number of carbonyl (C=O) groups excluding carboxylic acids is 2. The lowest BCUT2D eigenvalue weighted by Crippen LogP contribution is -2.42. The van der Waals surface area contributed by atoms with Crippen molar-refractivity contribution in [3.05, 3.63) is 76.9 Å². The van der Waals surface area contributed by atoms with Crippen molar-refractivity contribution in [2.45, 2.75) is 76.7 Å². The van der Waals surface area contributed by atoms with Crippen LogP contribution in [0.1, 0.15) is 63.6 Å². The number of amides is 1. The summed E-state index contributed by atoms with van der Waals surface area (Å²) in [6, 6.07) is 5.08. The molecule has 0 saturated carbocycles.